The van der Waals surface area contributed by atoms with Crippen molar-refractivity contribution in [3.8, 4) is 0 Å². The van der Waals surface area contributed by atoms with Crippen molar-refractivity contribution in [3.63, 3.8) is 0 Å². The normalized spacial score (nSPS) is 16.4. The number of nitrogens with zero attached hydrogens (tertiary/aromatic N) is 4. The summed E-state index contributed by atoms with van der Waals surface area (Å²) in [6, 6.07) is 2.67. The van der Waals surface area contributed by atoms with Crippen LogP contribution in [0.15, 0.2) is 6.07 Å². The Bertz CT molecular complexity index is 437. The Labute approximate surface area is 128 Å². The summed E-state index contributed by atoms with van der Waals surface area (Å²) in [5.74, 6) is 2.95. The van der Waals surface area contributed by atoms with Crippen LogP contribution in [0.4, 0.5) is 11.8 Å². The second kappa shape index (κ2) is 6.60. The fourth-order valence-corrected chi connectivity index (χ4v) is 2.50. The highest BCUT2D eigenvalue weighted by molar-refractivity contribution is 5.44. The maximum atomic E-state index is 4.61. The van der Waals surface area contributed by atoms with Gasteiger partial charge in [-0.1, -0.05) is 13.8 Å². The van der Waals surface area contributed by atoms with Gasteiger partial charge < -0.3 is 15.1 Å². The molecular weight excluding hydrogens is 262 g/mol. The van der Waals surface area contributed by atoms with Crippen molar-refractivity contribution in [1.29, 1.82) is 0 Å². The first-order valence-electron chi connectivity index (χ1n) is 7.85. The summed E-state index contributed by atoms with van der Waals surface area (Å²) in [7, 11) is 8.29. The largest absolute Gasteiger partial charge is 0.368 e. The molecule has 1 aliphatic carbocycles. The molecule has 1 aromatic heterocycles. The van der Waals surface area contributed by atoms with Crippen LogP contribution in [0.1, 0.15) is 38.3 Å². The van der Waals surface area contributed by atoms with Crippen molar-refractivity contribution in [2.75, 3.05) is 45.0 Å². The molecule has 1 atom stereocenters. The number of hydrogen-bond acceptors (Lipinski definition) is 5. The van der Waals surface area contributed by atoms with Crippen molar-refractivity contribution in [3.05, 3.63) is 11.8 Å². The average molecular weight is 291 g/mol. The lowest BCUT2D eigenvalue weighted by molar-refractivity contribution is 0.276. The predicted molar refractivity (Wildman–Crippen MR) is 89.1 cm³/mol. The SMILES string of the molecule is CC(C)c1cc(NCC(C2CC2)N(C)C)nc(N(C)C)n1. The Kier molecular flexibility index (Phi) is 5.04. The maximum absolute atomic E-state index is 4.61. The summed E-state index contributed by atoms with van der Waals surface area (Å²) < 4.78 is 0. The van der Waals surface area contributed by atoms with E-state index in [-0.39, 0.29) is 0 Å². The van der Waals surface area contributed by atoms with Gasteiger partial charge >= 0.3 is 0 Å². The molecule has 1 fully saturated rings. The molecule has 5 heteroatoms. The number of aromatic nitrogens is 2. The summed E-state index contributed by atoms with van der Waals surface area (Å²) >= 11 is 0. The first kappa shape index (κ1) is 16.0. The standard InChI is InChI=1S/C16H29N5/c1-11(2)13-9-15(19-16(18-13)21(5)6)17-10-14(20(3)4)12-7-8-12/h9,11-12,14H,7-8,10H2,1-6H3,(H,17,18,19). The van der Waals surface area contributed by atoms with E-state index in [4.69, 9.17) is 0 Å². The van der Waals surface area contributed by atoms with Gasteiger partial charge in [0.15, 0.2) is 0 Å². The van der Waals surface area contributed by atoms with Gasteiger partial charge in [0, 0.05) is 32.7 Å². The molecule has 1 heterocycles. The molecule has 118 valence electrons. The molecular formula is C16H29N5. The van der Waals surface area contributed by atoms with E-state index in [1.54, 1.807) is 0 Å². The lowest BCUT2D eigenvalue weighted by Crippen LogP contribution is -2.36. The fraction of sp³-hybridized carbons (Fsp3) is 0.750. The molecule has 5 nitrogen and oxygen atoms in total. The molecule has 2 rings (SSSR count). The van der Waals surface area contributed by atoms with Gasteiger partial charge in [0.25, 0.3) is 0 Å². The third-order valence-electron chi connectivity index (χ3n) is 4.05. The van der Waals surface area contributed by atoms with E-state index in [0.29, 0.717) is 12.0 Å². The van der Waals surface area contributed by atoms with E-state index >= 15 is 0 Å². The summed E-state index contributed by atoms with van der Waals surface area (Å²) in [5, 5.41) is 3.52. The van der Waals surface area contributed by atoms with Crippen LogP contribution in [-0.4, -0.2) is 55.6 Å². The molecule has 1 aliphatic rings. The lowest BCUT2D eigenvalue weighted by Gasteiger charge is -2.25. The average Bonchev–Trinajstić information content (AvgIpc) is 3.22. The van der Waals surface area contributed by atoms with Gasteiger partial charge in [-0.25, -0.2) is 4.98 Å². The quantitative estimate of drug-likeness (QED) is 0.836. The summed E-state index contributed by atoms with van der Waals surface area (Å²) in [6.07, 6.45) is 2.71. The van der Waals surface area contributed by atoms with E-state index in [0.717, 1.165) is 29.9 Å². The monoisotopic (exact) mass is 291 g/mol. The van der Waals surface area contributed by atoms with Gasteiger partial charge in [-0.2, -0.15) is 4.98 Å². The van der Waals surface area contributed by atoms with Crippen molar-refractivity contribution < 1.29 is 0 Å². The van der Waals surface area contributed by atoms with E-state index in [2.05, 4.69) is 54.2 Å². The highest BCUT2D eigenvalue weighted by Crippen LogP contribution is 2.34. The minimum atomic E-state index is 0.403. The van der Waals surface area contributed by atoms with Crippen molar-refractivity contribution in [2.45, 2.75) is 38.6 Å². The minimum Gasteiger partial charge on any atom is -0.368 e. The summed E-state index contributed by atoms with van der Waals surface area (Å²) in [5.41, 5.74) is 1.09. The Hall–Kier alpha value is -1.36. The Morgan fingerprint density at radius 1 is 1.19 bits per heavy atom. The van der Waals surface area contributed by atoms with Crippen molar-refractivity contribution in [1.82, 2.24) is 14.9 Å². The Morgan fingerprint density at radius 2 is 1.86 bits per heavy atom. The third kappa shape index (κ3) is 4.30. The van der Waals surface area contributed by atoms with E-state index in [1.807, 2.05) is 19.0 Å². The molecule has 0 radical (unpaired) electrons. The van der Waals surface area contributed by atoms with Crippen LogP contribution in [0.25, 0.3) is 0 Å². The molecule has 0 aliphatic heterocycles. The smallest absolute Gasteiger partial charge is 0.227 e. The highest BCUT2D eigenvalue weighted by Gasteiger charge is 2.32. The minimum absolute atomic E-state index is 0.403. The fourth-order valence-electron chi connectivity index (χ4n) is 2.50. The Balaban J connectivity index is 2.11. The van der Waals surface area contributed by atoms with Gasteiger partial charge in [-0.3, -0.25) is 0 Å². The van der Waals surface area contributed by atoms with Crippen LogP contribution in [-0.2, 0) is 0 Å². The number of hydrogen-bond donors (Lipinski definition) is 1. The number of nitrogens with one attached hydrogen (secondary N) is 1. The van der Waals surface area contributed by atoms with E-state index < -0.39 is 0 Å². The molecule has 0 aromatic carbocycles. The number of rotatable bonds is 7. The van der Waals surface area contributed by atoms with Crippen LogP contribution in [0.2, 0.25) is 0 Å². The van der Waals surface area contributed by atoms with E-state index in [9.17, 15) is 0 Å². The second-order valence-corrected chi connectivity index (χ2v) is 6.78. The zero-order valence-electron chi connectivity index (χ0n) is 14.2. The molecule has 0 spiro atoms. The van der Waals surface area contributed by atoms with Crippen LogP contribution in [0.3, 0.4) is 0 Å². The third-order valence-corrected chi connectivity index (χ3v) is 4.05. The summed E-state index contributed by atoms with van der Waals surface area (Å²) in [4.78, 5) is 13.5. The predicted octanol–water partition coefficient (Wildman–Crippen LogP) is 2.42. The van der Waals surface area contributed by atoms with Gasteiger partial charge in [-0.05, 0) is 38.8 Å². The lowest BCUT2D eigenvalue weighted by atomic mass is 10.1. The van der Waals surface area contributed by atoms with E-state index in [1.165, 1.54) is 12.8 Å². The highest BCUT2D eigenvalue weighted by atomic mass is 15.2. The number of anilines is 2. The molecule has 1 unspecified atom stereocenters. The molecule has 1 aromatic rings. The molecule has 21 heavy (non-hydrogen) atoms. The van der Waals surface area contributed by atoms with Gasteiger partial charge in [-0.15, -0.1) is 0 Å². The maximum Gasteiger partial charge on any atom is 0.227 e. The molecule has 1 N–H and O–H groups in total. The van der Waals surface area contributed by atoms with Crippen LogP contribution in [0, 0.1) is 5.92 Å². The first-order valence-corrected chi connectivity index (χ1v) is 7.85. The van der Waals surface area contributed by atoms with Crippen LogP contribution >= 0.6 is 0 Å². The molecule has 0 amide bonds. The van der Waals surface area contributed by atoms with Crippen molar-refractivity contribution in [2.24, 2.45) is 5.92 Å². The van der Waals surface area contributed by atoms with Gasteiger partial charge in [0.05, 0.1) is 5.69 Å². The zero-order valence-corrected chi connectivity index (χ0v) is 14.2. The molecule has 1 saturated carbocycles. The zero-order chi connectivity index (χ0) is 15.6. The van der Waals surface area contributed by atoms with Gasteiger partial charge in [0.2, 0.25) is 5.95 Å². The van der Waals surface area contributed by atoms with Crippen molar-refractivity contribution >= 4 is 11.8 Å². The number of likely N-dealkylation sites (N-methyl/N-ethyl adjacent to an activating group) is 1. The van der Waals surface area contributed by atoms with Gasteiger partial charge in [0.1, 0.15) is 5.82 Å². The molecule has 0 bridgehead atoms. The first-order chi connectivity index (χ1) is 9.88. The Morgan fingerprint density at radius 3 is 2.33 bits per heavy atom. The second-order valence-electron chi connectivity index (χ2n) is 6.78. The summed E-state index contributed by atoms with van der Waals surface area (Å²) in [6.45, 7) is 5.27. The van der Waals surface area contributed by atoms with Crippen LogP contribution in [0.5, 0.6) is 0 Å². The topological polar surface area (TPSA) is 44.3 Å². The molecule has 0 saturated heterocycles. The van der Waals surface area contributed by atoms with Crippen LogP contribution < -0.4 is 10.2 Å².